The van der Waals surface area contributed by atoms with Crippen LogP contribution in [0.2, 0.25) is 0 Å². The molecular weight excluding hydrogens is 144 g/mol. The van der Waals surface area contributed by atoms with Crippen molar-refractivity contribution in [2.45, 2.75) is 19.4 Å². The van der Waals surface area contributed by atoms with Crippen molar-refractivity contribution >= 4 is 5.97 Å². The van der Waals surface area contributed by atoms with Gasteiger partial charge in [0.1, 0.15) is 0 Å². The summed E-state index contributed by atoms with van der Waals surface area (Å²) in [5.74, 6) is -0.825. The molecule has 0 fully saturated rings. The Balaban J connectivity index is 4.01. The van der Waals surface area contributed by atoms with Crippen LogP contribution in [0.25, 0.3) is 0 Å². The van der Waals surface area contributed by atoms with Crippen LogP contribution >= 0.6 is 0 Å². The lowest BCUT2D eigenvalue weighted by atomic mass is 10.0. The quantitative estimate of drug-likeness (QED) is 0.594. The molecular formula is C7H16N2O2. The number of carboxylic acids is 1. The third-order valence-corrected chi connectivity index (χ3v) is 1.91. The molecule has 0 aliphatic heterocycles. The molecule has 0 amide bonds. The highest BCUT2D eigenvalue weighted by atomic mass is 16.4. The van der Waals surface area contributed by atoms with Gasteiger partial charge in [-0.15, -0.1) is 0 Å². The molecule has 4 heteroatoms. The number of carboxylic acid groups (broad SMARTS) is 1. The average Bonchev–Trinajstić information content (AvgIpc) is 1.86. The minimum absolute atomic E-state index is 0.0319. The van der Waals surface area contributed by atoms with E-state index < -0.39 is 5.97 Å². The van der Waals surface area contributed by atoms with Gasteiger partial charge >= 0.3 is 5.97 Å². The number of nitrogens with two attached hydrogens (primary N) is 1. The molecule has 0 heterocycles. The second-order valence-electron chi connectivity index (χ2n) is 3.27. The van der Waals surface area contributed by atoms with Crippen molar-refractivity contribution in [3.8, 4) is 0 Å². The monoisotopic (exact) mass is 160 g/mol. The van der Waals surface area contributed by atoms with Crippen molar-refractivity contribution in [3.05, 3.63) is 0 Å². The van der Waals surface area contributed by atoms with E-state index in [1.807, 2.05) is 13.8 Å². The normalized spacial score (nSPS) is 12.1. The van der Waals surface area contributed by atoms with Gasteiger partial charge in [0.05, 0.1) is 6.54 Å². The highest BCUT2D eigenvalue weighted by Gasteiger charge is 2.22. The maximum atomic E-state index is 10.3. The van der Waals surface area contributed by atoms with Crippen LogP contribution in [-0.2, 0) is 4.79 Å². The first kappa shape index (κ1) is 10.4. The highest BCUT2D eigenvalue weighted by Crippen LogP contribution is 2.08. The van der Waals surface area contributed by atoms with E-state index in [9.17, 15) is 4.79 Å². The standard InChI is InChI=1S/C7H16N2O2/c1-7(2,5-8)9(3)4-6(10)11/h4-5,8H2,1-3H3,(H,10,11). The number of likely N-dealkylation sites (N-methyl/N-ethyl adjacent to an activating group) is 1. The number of rotatable bonds is 4. The van der Waals surface area contributed by atoms with Crippen molar-refractivity contribution in [2.24, 2.45) is 5.73 Å². The molecule has 0 saturated heterocycles. The molecule has 0 aliphatic carbocycles. The Morgan fingerprint density at radius 3 is 2.36 bits per heavy atom. The fourth-order valence-electron chi connectivity index (χ4n) is 0.573. The van der Waals surface area contributed by atoms with Crippen molar-refractivity contribution in [3.63, 3.8) is 0 Å². The third kappa shape index (κ3) is 3.34. The van der Waals surface area contributed by atoms with Gasteiger partial charge in [-0.05, 0) is 20.9 Å². The summed E-state index contributed by atoms with van der Waals surface area (Å²) in [4.78, 5) is 12.0. The van der Waals surface area contributed by atoms with Gasteiger partial charge in [-0.25, -0.2) is 0 Å². The van der Waals surface area contributed by atoms with Crippen LogP contribution in [0.3, 0.4) is 0 Å². The summed E-state index contributed by atoms with van der Waals surface area (Å²) in [6.45, 7) is 4.31. The fourth-order valence-corrected chi connectivity index (χ4v) is 0.573. The molecule has 0 aromatic heterocycles. The maximum Gasteiger partial charge on any atom is 0.317 e. The predicted octanol–water partition coefficient (Wildman–Crippen LogP) is -0.260. The van der Waals surface area contributed by atoms with Gasteiger partial charge in [-0.1, -0.05) is 0 Å². The van der Waals surface area contributed by atoms with E-state index in [2.05, 4.69) is 0 Å². The SMILES string of the molecule is CN(CC(=O)O)C(C)(C)CN. The Hall–Kier alpha value is -0.610. The summed E-state index contributed by atoms with van der Waals surface area (Å²) in [5, 5.41) is 8.46. The number of nitrogens with zero attached hydrogens (tertiary/aromatic N) is 1. The number of hydrogen-bond donors (Lipinski definition) is 2. The molecule has 0 aromatic rings. The van der Waals surface area contributed by atoms with Crippen molar-refractivity contribution in [1.29, 1.82) is 0 Å². The molecule has 3 N–H and O–H groups in total. The summed E-state index contributed by atoms with van der Waals surface area (Å²) >= 11 is 0. The van der Waals surface area contributed by atoms with Crippen LogP contribution < -0.4 is 5.73 Å². The van der Waals surface area contributed by atoms with Crippen LogP contribution in [-0.4, -0.2) is 41.7 Å². The molecule has 0 bridgehead atoms. The first-order valence-corrected chi connectivity index (χ1v) is 3.53. The maximum absolute atomic E-state index is 10.3. The molecule has 0 rings (SSSR count). The first-order chi connectivity index (χ1) is 4.90. The lowest BCUT2D eigenvalue weighted by Crippen LogP contribution is -2.48. The molecule has 0 unspecified atom stereocenters. The molecule has 0 aromatic carbocycles. The number of aliphatic carboxylic acids is 1. The van der Waals surface area contributed by atoms with Crippen LogP contribution in [0.5, 0.6) is 0 Å². The van der Waals surface area contributed by atoms with E-state index in [4.69, 9.17) is 10.8 Å². The fraction of sp³-hybridized carbons (Fsp3) is 0.857. The van der Waals surface area contributed by atoms with E-state index in [1.54, 1.807) is 11.9 Å². The van der Waals surface area contributed by atoms with Gasteiger partial charge in [0.15, 0.2) is 0 Å². The first-order valence-electron chi connectivity index (χ1n) is 3.53. The summed E-state index contributed by atoms with van der Waals surface area (Å²) in [7, 11) is 1.75. The third-order valence-electron chi connectivity index (χ3n) is 1.91. The summed E-state index contributed by atoms with van der Waals surface area (Å²) in [6.07, 6.45) is 0. The van der Waals surface area contributed by atoms with Crippen LogP contribution in [0.1, 0.15) is 13.8 Å². The van der Waals surface area contributed by atoms with Gasteiger partial charge in [0.25, 0.3) is 0 Å². The molecule has 11 heavy (non-hydrogen) atoms. The molecule has 66 valence electrons. The van der Waals surface area contributed by atoms with E-state index in [1.165, 1.54) is 0 Å². The second kappa shape index (κ2) is 3.69. The zero-order chi connectivity index (χ0) is 9.07. The van der Waals surface area contributed by atoms with Crippen LogP contribution in [0, 0.1) is 0 Å². The van der Waals surface area contributed by atoms with Crippen LogP contribution in [0.4, 0.5) is 0 Å². The summed E-state index contributed by atoms with van der Waals surface area (Å²) in [6, 6.07) is 0. The minimum Gasteiger partial charge on any atom is -0.480 e. The van der Waals surface area contributed by atoms with Gasteiger partial charge in [-0.3, -0.25) is 9.69 Å². The predicted molar refractivity (Wildman–Crippen MR) is 43.4 cm³/mol. The van der Waals surface area contributed by atoms with Gasteiger partial charge < -0.3 is 10.8 Å². The van der Waals surface area contributed by atoms with E-state index in [0.29, 0.717) is 6.54 Å². The highest BCUT2D eigenvalue weighted by molar-refractivity contribution is 5.69. The van der Waals surface area contributed by atoms with Gasteiger partial charge in [0, 0.05) is 12.1 Å². The van der Waals surface area contributed by atoms with Crippen LogP contribution in [0.15, 0.2) is 0 Å². The molecule has 0 saturated carbocycles. The van der Waals surface area contributed by atoms with E-state index >= 15 is 0 Å². The average molecular weight is 160 g/mol. The van der Waals surface area contributed by atoms with E-state index in [0.717, 1.165) is 0 Å². The molecule has 0 atom stereocenters. The number of hydrogen-bond acceptors (Lipinski definition) is 3. The zero-order valence-electron chi connectivity index (χ0n) is 7.29. The number of carbonyl (C=O) groups is 1. The molecule has 0 radical (unpaired) electrons. The Kier molecular flexibility index (Phi) is 3.48. The lowest BCUT2D eigenvalue weighted by molar-refractivity contribution is -0.139. The zero-order valence-corrected chi connectivity index (χ0v) is 7.29. The largest absolute Gasteiger partial charge is 0.480 e. The Bertz CT molecular complexity index is 145. The topological polar surface area (TPSA) is 66.6 Å². The Morgan fingerprint density at radius 2 is 2.09 bits per heavy atom. The van der Waals surface area contributed by atoms with Crippen molar-refractivity contribution in [1.82, 2.24) is 4.90 Å². The summed E-state index contributed by atoms with van der Waals surface area (Å²) < 4.78 is 0. The summed E-state index contributed by atoms with van der Waals surface area (Å²) in [5.41, 5.74) is 5.21. The minimum atomic E-state index is -0.825. The Labute approximate surface area is 67.0 Å². The molecule has 4 nitrogen and oxygen atoms in total. The van der Waals surface area contributed by atoms with E-state index in [-0.39, 0.29) is 12.1 Å². The van der Waals surface area contributed by atoms with Gasteiger partial charge in [-0.2, -0.15) is 0 Å². The Morgan fingerprint density at radius 1 is 1.64 bits per heavy atom. The van der Waals surface area contributed by atoms with Crippen molar-refractivity contribution < 1.29 is 9.90 Å². The lowest BCUT2D eigenvalue weighted by Gasteiger charge is -2.32. The molecule has 0 aliphatic rings. The molecule has 0 spiro atoms. The second-order valence-corrected chi connectivity index (χ2v) is 3.27. The van der Waals surface area contributed by atoms with Gasteiger partial charge in [0.2, 0.25) is 0 Å². The van der Waals surface area contributed by atoms with Crippen molar-refractivity contribution in [2.75, 3.05) is 20.1 Å². The smallest absolute Gasteiger partial charge is 0.317 e.